The molecule has 0 unspecified atom stereocenters. The molecule has 0 saturated heterocycles. The number of rotatable bonds is 8. The van der Waals surface area contributed by atoms with Crippen LogP contribution >= 0.6 is 0 Å². The molecule has 1 N–H and O–H groups in total. The molecule has 1 rings (SSSR count). The van der Waals surface area contributed by atoms with Crippen LogP contribution in [-0.4, -0.2) is 63.4 Å². The molecule has 0 atom stereocenters. The molecular weight excluding hydrogens is 276 g/mol. The molecule has 0 bridgehead atoms. The maximum absolute atomic E-state index is 12.7. The summed E-state index contributed by atoms with van der Waals surface area (Å²) in [5, 5.41) is 2.83. The Kier molecular flexibility index (Phi) is 6.38. The summed E-state index contributed by atoms with van der Waals surface area (Å²) < 4.78 is 26.8. The van der Waals surface area contributed by atoms with E-state index in [1.54, 1.807) is 25.4 Å². The normalized spacial score (nSPS) is 12.1. The summed E-state index contributed by atoms with van der Waals surface area (Å²) >= 11 is 0. The van der Waals surface area contributed by atoms with Gasteiger partial charge in [0.2, 0.25) is 10.0 Å². The number of hydrogen-bond acceptors (Lipinski definition) is 5. The maximum Gasteiger partial charge on any atom is 0.246 e. The first-order chi connectivity index (χ1) is 9.43. The van der Waals surface area contributed by atoms with Gasteiger partial charge >= 0.3 is 0 Å². The van der Waals surface area contributed by atoms with Crippen molar-refractivity contribution in [1.82, 2.24) is 14.2 Å². The Morgan fingerprint density at radius 3 is 2.55 bits per heavy atom. The Hall–Kier alpha value is -1.18. The van der Waals surface area contributed by atoms with E-state index in [2.05, 4.69) is 10.3 Å². The topological polar surface area (TPSA) is 65.5 Å². The van der Waals surface area contributed by atoms with Gasteiger partial charge in [-0.25, -0.2) is 13.4 Å². The second-order valence-electron chi connectivity index (χ2n) is 4.75. The second-order valence-corrected chi connectivity index (χ2v) is 6.66. The van der Waals surface area contributed by atoms with E-state index in [0.29, 0.717) is 18.9 Å². The van der Waals surface area contributed by atoms with Crippen LogP contribution in [0.3, 0.4) is 0 Å². The molecule has 1 aromatic rings. The summed E-state index contributed by atoms with van der Waals surface area (Å²) in [5.41, 5.74) is 0. The summed E-state index contributed by atoms with van der Waals surface area (Å²) in [6, 6.07) is 3.23. The number of nitrogens with one attached hydrogen (secondary N) is 1. The molecule has 114 valence electrons. The highest BCUT2D eigenvalue weighted by Crippen LogP contribution is 2.22. The number of nitrogens with zero attached hydrogens (tertiary/aromatic N) is 3. The first-order valence-electron chi connectivity index (χ1n) is 6.71. The van der Waals surface area contributed by atoms with Gasteiger partial charge in [-0.1, -0.05) is 6.92 Å². The van der Waals surface area contributed by atoms with Crippen LogP contribution in [0.15, 0.2) is 23.2 Å². The SMILES string of the molecule is CCN(CCCN(C)C)S(=O)(=O)c1cccnc1NC. The zero-order chi connectivity index (χ0) is 15.2. The number of pyridine rings is 1. The summed E-state index contributed by atoms with van der Waals surface area (Å²) in [6.45, 7) is 3.67. The molecule has 20 heavy (non-hydrogen) atoms. The highest BCUT2D eigenvalue weighted by atomic mass is 32.2. The highest BCUT2D eigenvalue weighted by Gasteiger charge is 2.25. The van der Waals surface area contributed by atoms with Gasteiger partial charge in [-0.3, -0.25) is 0 Å². The van der Waals surface area contributed by atoms with Gasteiger partial charge in [-0.05, 0) is 39.2 Å². The van der Waals surface area contributed by atoms with Crippen molar-refractivity contribution in [2.24, 2.45) is 0 Å². The molecule has 0 aromatic carbocycles. The summed E-state index contributed by atoms with van der Waals surface area (Å²) in [4.78, 5) is 6.34. The van der Waals surface area contributed by atoms with E-state index < -0.39 is 10.0 Å². The Balaban J connectivity index is 2.94. The van der Waals surface area contributed by atoms with Crippen LogP contribution in [0.2, 0.25) is 0 Å². The van der Waals surface area contributed by atoms with Crippen LogP contribution in [0.5, 0.6) is 0 Å². The van der Waals surface area contributed by atoms with Crippen LogP contribution in [0.1, 0.15) is 13.3 Å². The van der Waals surface area contributed by atoms with Crippen molar-refractivity contribution in [2.75, 3.05) is 46.1 Å². The van der Waals surface area contributed by atoms with Gasteiger partial charge in [0.15, 0.2) is 0 Å². The number of anilines is 1. The van der Waals surface area contributed by atoms with E-state index in [-0.39, 0.29) is 4.90 Å². The molecule has 0 saturated carbocycles. The van der Waals surface area contributed by atoms with Crippen molar-refractivity contribution in [2.45, 2.75) is 18.2 Å². The number of sulfonamides is 1. The number of hydrogen-bond donors (Lipinski definition) is 1. The minimum atomic E-state index is -3.50. The summed E-state index contributed by atoms with van der Waals surface area (Å²) in [7, 11) is 2.12. The number of aromatic nitrogens is 1. The predicted octanol–water partition coefficient (Wildman–Crippen LogP) is 1.09. The van der Waals surface area contributed by atoms with Gasteiger partial charge in [0, 0.05) is 26.3 Å². The van der Waals surface area contributed by atoms with E-state index in [1.807, 2.05) is 25.9 Å². The predicted molar refractivity (Wildman–Crippen MR) is 81.4 cm³/mol. The second kappa shape index (κ2) is 7.56. The molecule has 0 spiro atoms. The molecule has 1 heterocycles. The lowest BCUT2D eigenvalue weighted by molar-refractivity contribution is 0.356. The van der Waals surface area contributed by atoms with E-state index in [4.69, 9.17) is 0 Å². The van der Waals surface area contributed by atoms with Gasteiger partial charge in [0.1, 0.15) is 10.7 Å². The first kappa shape index (κ1) is 16.9. The Bertz CT molecular complexity index is 517. The lowest BCUT2D eigenvalue weighted by Gasteiger charge is -2.22. The van der Waals surface area contributed by atoms with Crippen molar-refractivity contribution in [1.29, 1.82) is 0 Å². The average Bonchev–Trinajstić information content (AvgIpc) is 2.43. The molecule has 1 aromatic heterocycles. The molecular formula is C13H24N4O2S. The molecule has 0 aliphatic carbocycles. The fourth-order valence-electron chi connectivity index (χ4n) is 1.94. The minimum absolute atomic E-state index is 0.231. The van der Waals surface area contributed by atoms with Crippen molar-refractivity contribution >= 4 is 15.8 Å². The lowest BCUT2D eigenvalue weighted by atomic mass is 10.4. The van der Waals surface area contributed by atoms with Gasteiger partial charge in [0.25, 0.3) is 0 Å². The smallest absolute Gasteiger partial charge is 0.246 e. The van der Waals surface area contributed by atoms with Crippen LogP contribution in [0.4, 0.5) is 5.82 Å². The zero-order valence-corrected chi connectivity index (χ0v) is 13.4. The van der Waals surface area contributed by atoms with Crippen molar-refractivity contribution < 1.29 is 8.42 Å². The van der Waals surface area contributed by atoms with E-state index in [9.17, 15) is 8.42 Å². The zero-order valence-electron chi connectivity index (χ0n) is 12.6. The van der Waals surface area contributed by atoms with Crippen LogP contribution in [0.25, 0.3) is 0 Å². The lowest BCUT2D eigenvalue weighted by Crippen LogP contribution is -2.33. The Labute approximate surface area is 121 Å². The van der Waals surface area contributed by atoms with Gasteiger partial charge in [-0.15, -0.1) is 0 Å². The molecule has 0 fully saturated rings. The monoisotopic (exact) mass is 300 g/mol. The van der Waals surface area contributed by atoms with Gasteiger partial charge in [-0.2, -0.15) is 4.31 Å². The van der Waals surface area contributed by atoms with Crippen molar-refractivity contribution in [3.8, 4) is 0 Å². The van der Waals surface area contributed by atoms with Crippen LogP contribution in [-0.2, 0) is 10.0 Å². The molecule has 0 aliphatic rings. The molecule has 7 heteroatoms. The molecule has 0 aliphatic heterocycles. The molecule has 6 nitrogen and oxygen atoms in total. The van der Waals surface area contributed by atoms with E-state index in [1.165, 1.54) is 4.31 Å². The third-order valence-electron chi connectivity index (χ3n) is 2.99. The maximum atomic E-state index is 12.7. The third-order valence-corrected chi connectivity index (χ3v) is 5.00. The third kappa shape index (κ3) is 4.16. The quantitative estimate of drug-likeness (QED) is 0.778. The van der Waals surface area contributed by atoms with Crippen molar-refractivity contribution in [3.05, 3.63) is 18.3 Å². The fourth-order valence-corrected chi connectivity index (χ4v) is 3.57. The van der Waals surface area contributed by atoms with Gasteiger partial charge in [0.05, 0.1) is 0 Å². The average molecular weight is 300 g/mol. The minimum Gasteiger partial charge on any atom is -0.372 e. The van der Waals surface area contributed by atoms with Crippen molar-refractivity contribution in [3.63, 3.8) is 0 Å². The molecule has 0 amide bonds. The Morgan fingerprint density at radius 2 is 2.00 bits per heavy atom. The summed E-state index contributed by atoms with van der Waals surface area (Å²) in [5.74, 6) is 0.388. The van der Waals surface area contributed by atoms with Crippen LogP contribution in [0, 0.1) is 0 Å². The van der Waals surface area contributed by atoms with Gasteiger partial charge < -0.3 is 10.2 Å². The Morgan fingerprint density at radius 1 is 1.30 bits per heavy atom. The standard InChI is InChI=1S/C13H24N4O2S/c1-5-17(11-7-10-16(3)4)20(18,19)12-8-6-9-15-13(12)14-2/h6,8-9H,5,7,10-11H2,1-4H3,(H,14,15). The first-order valence-corrected chi connectivity index (χ1v) is 8.15. The molecule has 0 radical (unpaired) electrons. The van der Waals surface area contributed by atoms with E-state index in [0.717, 1.165) is 13.0 Å². The van der Waals surface area contributed by atoms with Crippen LogP contribution < -0.4 is 5.32 Å². The van der Waals surface area contributed by atoms with E-state index >= 15 is 0 Å². The summed E-state index contributed by atoms with van der Waals surface area (Å²) in [6.07, 6.45) is 2.38. The largest absolute Gasteiger partial charge is 0.372 e. The highest BCUT2D eigenvalue weighted by molar-refractivity contribution is 7.89. The fraction of sp³-hybridized carbons (Fsp3) is 0.615.